The Morgan fingerprint density at radius 3 is 2.32 bits per heavy atom. The average molecular weight is 819 g/mol. The van der Waals surface area contributed by atoms with E-state index in [0.29, 0.717) is 46.5 Å². The van der Waals surface area contributed by atoms with Gasteiger partial charge in [-0.1, -0.05) is 12.8 Å². The van der Waals surface area contributed by atoms with E-state index in [9.17, 15) is 28.8 Å². The number of hydrogen-bond acceptors (Lipinski definition) is 13. The van der Waals surface area contributed by atoms with Gasteiger partial charge in [-0.25, -0.2) is 14.4 Å². The fraction of sp³-hybridized carbons (Fsp3) is 0.465. The number of fused-ring (bicyclic) bond motifs is 2. The third kappa shape index (κ3) is 7.23. The molecule has 4 aromatic rings. The number of ketones is 1. The molecule has 1 saturated carbocycles. The number of anilines is 3. The number of hydrogen-bond donors (Lipinski definition) is 2. The highest BCUT2D eigenvalue weighted by Gasteiger charge is 2.46. The third-order valence-corrected chi connectivity index (χ3v) is 13.0. The molecule has 312 valence electrons. The molecule has 1 aliphatic carbocycles. The highest BCUT2D eigenvalue weighted by molar-refractivity contribution is 6.23. The topological polar surface area (TPSA) is 183 Å². The second kappa shape index (κ2) is 15.9. The molecule has 2 N–H and O–H groups in total. The lowest BCUT2D eigenvalue weighted by Gasteiger charge is -2.43. The van der Waals surface area contributed by atoms with E-state index in [1.807, 2.05) is 18.3 Å². The predicted octanol–water partition coefficient (Wildman–Crippen LogP) is 3.88. The zero-order chi connectivity index (χ0) is 41.8. The van der Waals surface area contributed by atoms with Gasteiger partial charge in [-0.05, 0) is 81.3 Å². The summed E-state index contributed by atoms with van der Waals surface area (Å²) in [5, 5.41) is 6.06. The maximum absolute atomic E-state index is 15.3. The van der Waals surface area contributed by atoms with Gasteiger partial charge < -0.3 is 10.2 Å². The summed E-state index contributed by atoms with van der Waals surface area (Å²) in [6.07, 6.45) is 9.32. The first-order chi connectivity index (χ1) is 28.9. The molecule has 7 heterocycles. The predicted molar refractivity (Wildman–Crippen MR) is 219 cm³/mol. The summed E-state index contributed by atoms with van der Waals surface area (Å²) in [6.45, 7) is 8.63. The standard InChI is InChI=1S/C43H47FN10O6/c1-24-31-22-46-43(49-38(31)53(28-5-3-4-6-28)41(59)36(24)25(2)55)47-34-9-7-29(21-45-34)51-13-11-27(12-14-51)52-17-15-50(16-18-52)23-26-19-30-37(32(44)20-26)42(60)54(40(30)58)33-8-10-35(56)48-39(33)57/h7,9,19-22,27-28,33H,3-6,8,10-18,23H2,1-2H3,(H,48,56,57)(H,45,46,47,49). The Morgan fingerprint density at radius 2 is 1.63 bits per heavy atom. The molecule has 0 bridgehead atoms. The van der Waals surface area contributed by atoms with Crippen molar-refractivity contribution in [3.8, 4) is 0 Å². The molecule has 1 unspecified atom stereocenters. The third-order valence-electron chi connectivity index (χ3n) is 13.0. The minimum Gasteiger partial charge on any atom is -0.370 e. The van der Waals surface area contributed by atoms with Gasteiger partial charge >= 0.3 is 0 Å². The van der Waals surface area contributed by atoms with Gasteiger partial charge in [0.25, 0.3) is 17.4 Å². The first-order valence-corrected chi connectivity index (χ1v) is 20.9. The number of aromatic nitrogens is 4. The second-order valence-corrected chi connectivity index (χ2v) is 16.6. The normalized spacial score (nSPS) is 20.9. The van der Waals surface area contributed by atoms with Crippen LogP contribution in [0.4, 0.5) is 21.8 Å². The van der Waals surface area contributed by atoms with Crippen LogP contribution in [0.3, 0.4) is 0 Å². The van der Waals surface area contributed by atoms with Crippen LogP contribution in [0.15, 0.2) is 41.5 Å². The molecule has 3 aromatic heterocycles. The molecule has 16 nitrogen and oxygen atoms in total. The molecular formula is C43H47FN10O6. The van der Waals surface area contributed by atoms with Crippen molar-refractivity contribution in [1.29, 1.82) is 0 Å². The Labute approximate surface area is 345 Å². The lowest BCUT2D eigenvalue weighted by atomic mass is 10.0. The van der Waals surface area contributed by atoms with Crippen LogP contribution >= 0.6 is 0 Å². The number of amides is 4. The van der Waals surface area contributed by atoms with Crippen LogP contribution in [0, 0.1) is 12.7 Å². The van der Waals surface area contributed by atoms with Gasteiger partial charge in [-0.15, -0.1) is 0 Å². The van der Waals surface area contributed by atoms with E-state index in [-0.39, 0.29) is 46.9 Å². The van der Waals surface area contributed by atoms with E-state index in [2.05, 4.69) is 35.3 Å². The van der Waals surface area contributed by atoms with Crippen LogP contribution < -0.4 is 21.1 Å². The Hall–Kier alpha value is -5.94. The largest absolute Gasteiger partial charge is 0.370 e. The van der Waals surface area contributed by atoms with Gasteiger partial charge in [0.15, 0.2) is 5.78 Å². The summed E-state index contributed by atoms with van der Waals surface area (Å²) in [6, 6.07) is 6.08. The number of halogens is 1. The lowest BCUT2D eigenvalue weighted by Crippen LogP contribution is -2.54. The molecule has 0 radical (unpaired) electrons. The van der Waals surface area contributed by atoms with Crippen molar-refractivity contribution in [3.05, 3.63) is 80.6 Å². The number of nitrogens with one attached hydrogen (secondary N) is 2. The summed E-state index contributed by atoms with van der Waals surface area (Å²) in [5.74, 6) is -2.88. The van der Waals surface area contributed by atoms with Gasteiger partial charge in [0, 0.05) is 75.9 Å². The van der Waals surface area contributed by atoms with Crippen LogP contribution in [-0.4, -0.2) is 115 Å². The monoisotopic (exact) mass is 818 g/mol. The summed E-state index contributed by atoms with van der Waals surface area (Å²) < 4.78 is 17.0. The number of carbonyl (C=O) groups is 5. The molecule has 17 heteroatoms. The number of carbonyl (C=O) groups excluding carboxylic acids is 5. The van der Waals surface area contributed by atoms with Crippen LogP contribution in [0.25, 0.3) is 11.0 Å². The van der Waals surface area contributed by atoms with Crippen molar-refractivity contribution in [3.63, 3.8) is 0 Å². The van der Waals surface area contributed by atoms with Gasteiger partial charge in [0.2, 0.25) is 17.8 Å². The molecule has 3 saturated heterocycles. The van der Waals surface area contributed by atoms with Gasteiger partial charge in [0.05, 0.1) is 28.6 Å². The van der Waals surface area contributed by atoms with Gasteiger partial charge in [0.1, 0.15) is 23.3 Å². The first-order valence-electron chi connectivity index (χ1n) is 20.9. The van der Waals surface area contributed by atoms with E-state index >= 15 is 4.39 Å². The summed E-state index contributed by atoms with van der Waals surface area (Å²) in [5.41, 5.74) is 2.29. The lowest BCUT2D eigenvalue weighted by molar-refractivity contribution is -0.136. The van der Waals surface area contributed by atoms with Crippen LogP contribution in [-0.2, 0) is 16.1 Å². The van der Waals surface area contributed by atoms with Crippen LogP contribution in [0.1, 0.15) is 107 Å². The maximum atomic E-state index is 15.3. The van der Waals surface area contributed by atoms with E-state index < -0.39 is 35.5 Å². The van der Waals surface area contributed by atoms with Crippen molar-refractivity contribution in [1.82, 2.24) is 39.5 Å². The SMILES string of the molecule is CC(=O)c1c(C)c2cnc(Nc3ccc(N4CCC(N5CCN(Cc6cc(F)c7c(c6)C(=O)N(C6CCC(=O)NC6=O)C7=O)CC5)CC4)cn3)nc2n(C2CCCC2)c1=O. The van der Waals surface area contributed by atoms with Crippen LogP contribution in [0.5, 0.6) is 0 Å². The van der Waals surface area contributed by atoms with Crippen molar-refractivity contribution >= 4 is 57.9 Å². The number of imide groups is 2. The first kappa shape index (κ1) is 39.5. The van der Waals surface area contributed by atoms with Gasteiger partial charge in [-0.3, -0.25) is 53.4 Å². The Bertz CT molecular complexity index is 2490. The summed E-state index contributed by atoms with van der Waals surface area (Å²) in [4.78, 5) is 98.3. The molecule has 1 atom stereocenters. The van der Waals surface area contributed by atoms with E-state index in [4.69, 9.17) is 4.98 Å². The summed E-state index contributed by atoms with van der Waals surface area (Å²) >= 11 is 0. The number of piperazine rings is 1. The quantitative estimate of drug-likeness (QED) is 0.184. The van der Waals surface area contributed by atoms with Crippen molar-refractivity contribution in [2.24, 2.45) is 0 Å². The number of Topliss-reactive ketones (excluding diaryl/α,β-unsaturated/α-hetero) is 1. The van der Waals surface area contributed by atoms with Crippen LogP contribution in [0.2, 0.25) is 0 Å². The average Bonchev–Trinajstić information content (AvgIpc) is 3.85. The minimum absolute atomic E-state index is 0.00287. The minimum atomic E-state index is -1.14. The smallest absolute Gasteiger partial charge is 0.265 e. The molecule has 5 aliphatic rings. The number of piperidine rings is 2. The number of benzene rings is 1. The van der Waals surface area contributed by atoms with Crippen molar-refractivity contribution < 1.29 is 28.4 Å². The summed E-state index contributed by atoms with van der Waals surface area (Å²) in [7, 11) is 0. The Morgan fingerprint density at radius 1 is 0.883 bits per heavy atom. The highest BCUT2D eigenvalue weighted by Crippen LogP contribution is 2.34. The fourth-order valence-electron chi connectivity index (χ4n) is 9.80. The molecular weight excluding hydrogens is 772 g/mol. The molecule has 4 fully saturated rings. The molecule has 4 amide bonds. The Kier molecular flexibility index (Phi) is 10.5. The molecule has 4 aliphatic heterocycles. The van der Waals surface area contributed by atoms with Crippen molar-refractivity contribution in [2.45, 2.75) is 89.9 Å². The number of aryl methyl sites for hydroxylation is 1. The number of pyridine rings is 2. The molecule has 1 aromatic carbocycles. The molecule has 60 heavy (non-hydrogen) atoms. The van der Waals surface area contributed by atoms with E-state index in [1.165, 1.54) is 13.0 Å². The second-order valence-electron chi connectivity index (χ2n) is 16.6. The molecule has 9 rings (SSSR count). The molecule has 0 spiro atoms. The zero-order valence-corrected chi connectivity index (χ0v) is 33.7. The van der Waals surface area contributed by atoms with E-state index in [1.54, 1.807) is 23.8 Å². The number of rotatable bonds is 9. The van der Waals surface area contributed by atoms with Gasteiger partial charge in [-0.2, -0.15) is 4.98 Å². The number of nitrogens with zero attached hydrogens (tertiary/aromatic N) is 8. The maximum Gasteiger partial charge on any atom is 0.265 e. The Balaban J connectivity index is 0.784. The highest BCUT2D eigenvalue weighted by atomic mass is 19.1. The van der Waals surface area contributed by atoms with Crippen molar-refractivity contribution in [2.75, 3.05) is 49.5 Å². The van der Waals surface area contributed by atoms with E-state index in [0.717, 1.165) is 88.4 Å². The fourth-order valence-corrected chi connectivity index (χ4v) is 9.80. The zero-order valence-electron chi connectivity index (χ0n) is 33.7.